The summed E-state index contributed by atoms with van der Waals surface area (Å²) in [5, 5.41) is 0.0219. The Bertz CT molecular complexity index is 576. The minimum Gasteiger partial charge on any atom is -0.404 e. The van der Waals surface area contributed by atoms with Gasteiger partial charge in [-0.3, -0.25) is 0 Å². The molecule has 0 aromatic rings. The van der Waals surface area contributed by atoms with Crippen LogP contribution in [0.3, 0.4) is 0 Å². The van der Waals surface area contributed by atoms with Gasteiger partial charge in [-0.05, 0) is 80.0 Å². The average Bonchev–Trinajstić information content (AvgIpc) is 3.19. The third-order valence-electron chi connectivity index (χ3n) is 9.87. The van der Waals surface area contributed by atoms with Crippen molar-refractivity contribution in [3.63, 3.8) is 0 Å². The molecule has 1 aliphatic heterocycles. The smallest absolute Gasteiger partial charge is 0.404 e. The molecule has 0 radical (unpaired) electrons. The van der Waals surface area contributed by atoms with Crippen LogP contribution < -0.4 is 0 Å². The lowest BCUT2D eigenvalue weighted by atomic mass is 9.63. The van der Waals surface area contributed by atoms with E-state index >= 15 is 0 Å². The molecule has 0 amide bonds. The van der Waals surface area contributed by atoms with E-state index in [1.54, 1.807) is 0 Å². The quantitative estimate of drug-likeness (QED) is 0.442. The predicted molar refractivity (Wildman–Crippen MR) is 107 cm³/mol. The molecule has 26 heavy (non-hydrogen) atoms. The van der Waals surface area contributed by atoms with Gasteiger partial charge in [0.2, 0.25) is 0 Å². The lowest BCUT2D eigenvalue weighted by Crippen LogP contribution is -2.52. The van der Waals surface area contributed by atoms with Crippen LogP contribution in [0.5, 0.6) is 0 Å². The average molecular weight is 379 g/mol. The van der Waals surface area contributed by atoms with Crippen LogP contribution >= 0.6 is 11.6 Å². The molecule has 0 N–H and O–H groups in total. The molecule has 4 heteroatoms. The fourth-order valence-electron chi connectivity index (χ4n) is 8.41. The van der Waals surface area contributed by atoms with E-state index < -0.39 is 0 Å². The summed E-state index contributed by atoms with van der Waals surface area (Å²) < 4.78 is 13.4. The highest BCUT2D eigenvalue weighted by atomic mass is 35.5. The summed E-state index contributed by atoms with van der Waals surface area (Å²) in [6.45, 7) is 9.89. The Morgan fingerprint density at radius 2 is 1.69 bits per heavy atom. The summed E-state index contributed by atoms with van der Waals surface area (Å²) in [7, 11) is -0.198. The molecule has 0 aromatic carbocycles. The first-order valence-electron chi connectivity index (χ1n) is 11.3. The van der Waals surface area contributed by atoms with Crippen LogP contribution in [-0.2, 0) is 9.31 Å². The summed E-state index contributed by atoms with van der Waals surface area (Å²) in [5.41, 5.74) is 0.688. The summed E-state index contributed by atoms with van der Waals surface area (Å²) in [4.78, 5) is 0. The molecule has 7 atom stereocenters. The fraction of sp³-hybridized carbons (Fsp3) is 1.00. The lowest BCUT2D eigenvalue weighted by Gasteiger charge is -2.48. The number of rotatable bonds is 2. The van der Waals surface area contributed by atoms with Crippen LogP contribution in [0.2, 0.25) is 0 Å². The fourth-order valence-corrected chi connectivity index (χ4v) is 8.78. The number of fused-ring (bicyclic) bond motifs is 3. The van der Waals surface area contributed by atoms with Crippen LogP contribution in [0.4, 0.5) is 0 Å². The van der Waals surface area contributed by atoms with Crippen LogP contribution in [0.25, 0.3) is 0 Å². The minimum atomic E-state index is -0.198. The van der Waals surface area contributed by atoms with E-state index in [9.17, 15) is 0 Å². The van der Waals surface area contributed by atoms with Gasteiger partial charge in [0.25, 0.3) is 0 Å². The van der Waals surface area contributed by atoms with Crippen LogP contribution in [0, 0.1) is 34.5 Å². The Morgan fingerprint density at radius 1 is 0.962 bits per heavy atom. The van der Waals surface area contributed by atoms with Gasteiger partial charge in [0, 0.05) is 0 Å². The molecule has 1 heterocycles. The zero-order chi connectivity index (χ0) is 18.3. The Balaban J connectivity index is 1.42. The third-order valence-corrected chi connectivity index (χ3v) is 10.4. The van der Waals surface area contributed by atoms with E-state index in [1.165, 1.54) is 57.8 Å². The van der Waals surface area contributed by atoms with Crippen molar-refractivity contribution in [2.75, 3.05) is 0 Å². The molecule has 2 nitrogen and oxygen atoms in total. The predicted octanol–water partition coefficient (Wildman–Crippen LogP) is 5.86. The van der Waals surface area contributed by atoms with Crippen molar-refractivity contribution in [2.45, 2.75) is 102 Å². The van der Waals surface area contributed by atoms with Gasteiger partial charge in [0.05, 0.1) is 17.0 Å². The minimum absolute atomic E-state index is 0.0219. The molecule has 146 valence electrons. The van der Waals surface area contributed by atoms with Crippen molar-refractivity contribution in [1.29, 1.82) is 0 Å². The molecule has 0 aromatic heterocycles. The van der Waals surface area contributed by atoms with Gasteiger partial charge in [-0.1, -0.05) is 40.0 Å². The van der Waals surface area contributed by atoms with Crippen molar-refractivity contribution in [3.05, 3.63) is 0 Å². The first kappa shape index (κ1) is 18.3. The maximum absolute atomic E-state index is 6.95. The molecule has 0 unspecified atom stereocenters. The molecule has 1 spiro atoms. The van der Waals surface area contributed by atoms with E-state index in [4.69, 9.17) is 20.9 Å². The standard InChI is InChI=1S/C22H36BClO2/c1-14-10-11-16-20(2,3)17-12-22(14,16)13-18-21(17,4)26-23(25-18)19(24)15-8-6-5-7-9-15/h14-19H,5-13H2,1-4H3/t14-,16+,17-,18+,19+,21-,22-/m1/s1. The second-order valence-corrected chi connectivity index (χ2v) is 11.7. The zero-order valence-corrected chi connectivity index (χ0v) is 17.9. The Labute approximate surface area is 165 Å². The SMILES string of the molecule is C[C@@H]1CC[C@H]2C(C)(C)[C@H]3C[C@@]12C[C@@H]1OB([C@@H](Cl)C2CCCCC2)O[C@@]13C. The zero-order valence-electron chi connectivity index (χ0n) is 17.1. The van der Waals surface area contributed by atoms with E-state index in [2.05, 4.69) is 27.7 Å². The first-order chi connectivity index (χ1) is 12.3. The van der Waals surface area contributed by atoms with E-state index in [0.29, 0.717) is 22.7 Å². The lowest BCUT2D eigenvalue weighted by molar-refractivity contribution is -0.0769. The van der Waals surface area contributed by atoms with E-state index in [-0.39, 0.29) is 24.1 Å². The molecule has 2 bridgehead atoms. The van der Waals surface area contributed by atoms with Crippen LogP contribution in [0.15, 0.2) is 0 Å². The third kappa shape index (κ3) is 2.26. The molecule has 5 fully saturated rings. The number of alkyl halides is 1. The van der Waals surface area contributed by atoms with Crippen LogP contribution in [0.1, 0.15) is 85.5 Å². The highest BCUT2D eigenvalue weighted by Gasteiger charge is 2.73. The molecule has 1 saturated heterocycles. The van der Waals surface area contributed by atoms with Gasteiger partial charge in [0.15, 0.2) is 0 Å². The van der Waals surface area contributed by atoms with Crippen molar-refractivity contribution in [2.24, 2.45) is 34.5 Å². The summed E-state index contributed by atoms with van der Waals surface area (Å²) in [5.74, 6) is 2.84. The Morgan fingerprint density at radius 3 is 2.42 bits per heavy atom. The van der Waals surface area contributed by atoms with Gasteiger partial charge in [-0.15, -0.1) is 11.6 Å². The molecular formula is C22H36BClO2. The monoisotopic (exact) mass is 378 g/mol. The Kier molecular flexibility index (Phi) is 4.15. The van der Waals surface area contributed by atoms with Crippen molar-refractivity contribution < 1.29 is 9.31 Å². The first-order valence-corrected chi connectivity index (χ1v) is 11.7. The van der Waals surface area contributed by atoms with Crippen molar-refractivity contribution in [3.8, 4) is 0 Å². The van der Waals surface area contributed by atoms with Gasteiger partial charge < -0.3 is 9.31 Å². The van der Waals surface area contributed by atoms with Gasteiger partial charge in [-0.25, -0.2) is 0 Å². The van der Waals surface area contributed by atoms with E-state index in [0.717, 1.165) is 11.8 Å². The second-order valence-electron chi connectivity index (χ2n) is 11.2. The Hall–Kier alpha value is 0.275. The van der Waals surface area contributed by atoms with Crippen molar-refractivity contribution in [1.82, 2.24) is 0 Å². The largest absolute Gasteiger partial charge is 0.477 e. The highest BCUT2D eigenvalue weighted by molar-refractivity contribution is 6.60. The van der Waals surface area contributed by atoms with Gasteiger partial charge in [0.1, 0.15) is 0 Å². The maximum atomic E-state index is 6.95. The van der Waals surface area contributed by atoms with Crippen LogP contribution in [-0.4, -0.2) is 24.1 Å². The van der Waals surface area contributed by atoms with Crippen molar-refractivity contribution >= 4 is 18.7 Å². The maximum Gasteiger partial charge on any atom is 0.477 e. The molecular weight excluding hydrogens is 343 g/mol. The summed E-state index contributed by atoms with van der Waals surface area (Å²) in [6, 6.07) is 0. The number of hydrogen-bond acceptors (Lipinski definition) is 2. The molecule has 4 aliphatic carbocycles. The molecule has 5 rings (SSSR count). The second kappa shape index (κ2) is 5.89. The summed E-state index contributed by atoms with van der Waals surface area (Å²) in [6.07, 6.45) is 12.1. The van der Waals surface area contributed by atoms with Gasteiger partial charge >= 0.3 is 7.12 Å². The number of halogens is 1. The van der Waals surface area contributed by atoms with E-state index in [1.807, 2.05) is 0 Å². The topological polar surface area (TPSA) is 18.5 Å². The van der Waals surface area contributed by atoms with Gasteiger partial charge in [-0.2, -0.15) is 0 Å². The molecule has 4 saturated carbocycles. The highest BCUT2D eigenvalue weighted by Crippen LogP contribution is 2.74. The number of hydrogen-bond donors (Lipinski definition) is 0. The normalized spacial score (nSPS) is 51.3. The molecule has 5 aliphatic rings. The summed E-state index contributed by atoms with van der Waals surface area (Å²) >= 11 is 6.95.